The Hall–Kier alpha value is -3.25. The number of aliphatic hydroxyl groups excluding tert-OH is 1. The standard InChI is InChI=1S/C20H19N3O3/c1-11(24)16-5-3-13(7-17(16)12(2)25)15-8-18-14(4-6-19(21)26)9-22-20(18)23-10-15/h3-11,24H,1-2H3,(H2,21,26)(H,22,23)/b6-4+/t11-/m0/s1. The minimum absolute atomic E-state index is 0.108. The molecule has 0 fully saturated rings. The summed E-state index contributed by atoms with van der Waals surface area (Å²) < 4.78 is 0. The number of Topliss-reactive ketones (excluding diaryl/α,β-unsaturated/α-hetero) is 1. The first-order chi connectivity index (χ1) is 12.4. The van der Waals surface area contributed by atoms with E-state index in [-0.39, 0.29) is 5.78 Å². The molecule has 1 atom stereocenters. The van der Waals surface area contributed by atoms with Crippen LogP contribution in [-0.4, -0.2) is 26.8 Å². The molecule has 0 saturated heterocycles. The second-order valence-corrected chi connectivity index (χ2v) is 6.13. The number of hydrogen-bond acceptors (Lipinski definition) is 4. The summed E-state index contributed by atoms with van der Waals surface area (Å²) in [5.41, 5.74) is 9.36. The maximum Gasteiger partial charge on any atom is 0.241 e. The minimum atomic E-state index is -0.723. The third kappa shape index (κ3) is 3.41. The molecule has 26 heavy (non-hydrogen) atoms. The summed E-state index contributed by atoms with van der Waals surface area (Å²) in [5.74, 6) is -0.633. The van der Waals surface area contributed by atoms with E-state index in [0.29, 0.717) is 16.8 Å². The van der Waals surface area contributed by atoms with Gasteiger partial charge in [0.2, 0.25) is 5.91 Å². The number of aromatic amines is 1. The van der Waals surface area contributed by atoms with Gasteiger partial charge in [0.15, 0.2) is 5.78 Å². The van der Waals surface area contributed by atoms with Crippen molar-refractivity contribution in [3.63, 3.8) is 0 Å². The van der Waals surface area contributed by atoms with Gasteiger partial charge in [-0.2, -0.15) is 0 Å². The first-order valence-electron chi connectivity index (χ1n) is 8.15. The Morgan fingerprint density at radius 3 is 2.69 bits per heavy atom. The number of primary amides is 1. The van der Waals surface area contributed by atoms with Crippen LogP contribution in [0.25, 0.3) is 28.2 Å². The average Bonchev–Trinajstić information content (AvgIpc) is 3.01. The van der Waals surface area contributed by atoms with Crippen LogP contribution < -0.4 is 5.73 Å². The SMILES string of the molecule is CC(=O)c1cc(-c2cnc3[nH]cc(/C=C/C(N)=O)c3c2)ccc1[C@H](C)O. The number of amides is 1. The summed E-state index contributed by atoms with van der Waals surface area (Å²) in [6.45, 7) is 3.11. The van der Waals surface area contributed by atoms with Crippen LogP contribution in [0.2, 0.25) is 0 Å². The quantitative estimate of drug-likeness (QED) is 0.486. The topological polar surface area (TPSA) is 109 Å². The van der Waals surface area contributed by atoms with Gasteiger partial charge in [-0.3, -0.25) is 9.59 Å². The van der Waals surface area contributed by atoms with Crippen molar-refractivity contribution < 1.29 is 14.7 Å². The Labute approximate surface area is 150 Å². The molecule has 1 amide bonds. The number of fused-ring (bicyclic) bond motifs is 1. The van der Waals surface area contributed by atoms with Gasteiger partial charge < -0.3 is 15.8 Å². The highest BCUT2D eigenvalue weighted by Crippen LogP contribution is 2.29. The highest BCUT2D eigenvalue weighted by Gasteiger charge is 2.14. The lowest BCUT2D eigenvalue weighted by Gasteiger charge is -2.12. The van der Waals surface area contributed by atoms with E-state index >= 15 is 0 Å². The Morgan fingerprint density at radius 1 is 1.27 bits per heavy atom. The van der Waals surface area contributed by atoms with Crippen LogP contribution in [0, 0.1) is 0 Å². The van der Waals surface area contributed by atoms with Crippen LogP contribution in [-0.2, 0) is 4.79 Å². The van der Waals surface area contributed by atoms with Gasteiger partial charge in [0.05, 0.1) is 6.10 Å². The Balaban J connectivity index is 2.10. The second kappa shape index (κ2) is 6.93. The second-order valence-electron chi connectivity index (χ2n) is 6.13. The molecule has 3 aromatic rings. The maximum absolute atomic E-state index is 11.9. The van der Waals surface area contributed by atoms with Crippen LogP contribution in [0.15, 0.2) is 42.7 Å². The number of carbonyl (C=O) groups excluding carboxylic acids is 2. The van der Waals surface area contributed by atoms with E-state index in [1.807, 2.05) is 12.1 Å². The molecule has 1 aromatic carbocycles. The van der Waals surface area contributed by atoms with Gasteiger partial charge in [0.25, 0.3) is 0 Å². The van der Waals surface area contributed by atoms with Crippen LogP contribution in [0.4, 0.5) is 0 Å². The van der Waals surface area contributed by atoms with Crippen LogP contribution in [0.3, 0.4) is 0 Å². The van der Waals surface area contributed by atoms with E-state index < -0.39 is 12.0 Å². The molecule has 0 saturated carbocycles. The average molecular weight is 349 g/mol. The zero-order chi connectivity index (χ0) is 18.8. The zero-order valence-corrected chi connectivity index (χ0v) is 14.5. The number of pyridine rings is 1. The van der Waals surface area contributed by atoms with E-state index in [9.17, 15) is 14.7 Å². The number of aromatic nitrogens is 2. The van der Waals surface area contributed by atoms with E-state index in [2.05, 4.69) is 9.97 Å². The molecule has 3 rings (SSSR count). The summed E-state index contributed by atoms with van der Waals surface area (Å²) in [6, 6.07) is 7.30. The normalized spacial score (nSPS) is 12.6. The largest absolute Gasteiger partial charge is 0.389 e. The highest BCUT2D eigenvalue weighted by molar-refractivity contribution is 5.98. The lowest BCUT2D eigenvalue weighted by atomic mass is 9.95. The third-order valence-corrected chi connectivity index (χ3v) is 4.21. The van der Waals surface area contributed by atoms with Gasteiger partial charge in [-0.15, -0.1) is 0 Å². The Kier molecular flexibility index (Phi) is 4.69. The molecule has 0 spiro atoms. The van der Waals surface area contributed by atoms with Crippen molar-refractivity contribution in [1.82, 2.24) is 9.97 Å². The van der Waals surface area contributed by atoms with Crippen LogP contribution >= 0.6 is 0 Å². The number of nitrogens with zero attached hydrogens (tertiary/aromatic N) is 1. The molecule has 2 heterocycles. The molecule has 6 heteroatoms. The van der Waals surface area contributed by atoms with Gasteiger partial charge in [-0.1, -0.05) is 12.1 Å². The van der Waals surface area contributed by atoms with Gasteiger partial charge in [0.1, 0.15) is 5.65 Å². The fraction of sp³-hybridized carbons (Fsp3) is 0.150. The van der Waals surface area contributed by atoms with Crippen molar-refractivity contribution in [1.29, 1.82) is 0 Å². The summed E-state index contributed by atoms with van der Waals surface area (Å²) in [6.07, 6.45) is 5.66. The molecule has 0 aliphatic heterocycles. The van der Waals surface area contributed by atoms with Crippen LogP contribution in [0.5, 0.6) is 0 Å². The molecular formula is C20H19N3O3. The number of hydrogen-bond donors (Lipinski definition) is 3. The van der Waals surface area contributed by atoms with E-state index in [1.54, 1.807) is 37.5 Å². The van der Waals surface area contributed by atoms with Gasteiger partial charge >= 0.3 is 0 Å². The van der Waals surface area contributed by atoms with Crippen molar-refractivity contribution in [2.45, 2.75) is 20.0 Å². The van der Waals surface area contributed by atoms with E-state index in [4.69, 9.17) is 5.73 Å². The van der Waals surface area contributed by atoms with E-state index in [1.165, 1.54) is 13.0 Å². The first-order valence-corrected chi connectivity index (χ1v) is 8.15. The number of carbonyl (C=O) groups is 2. The molecule has 132 valence electrons. The molecule has 0 aliphatic carbocycles. The smallest absolute Gasteiger partial charge is 0.241 e. The lowest BCUT2D eigenvalue weighted by Crippen LogP contribution is -2.04. The number of nitrogens with two attached hydrogens (primary N) is 1. The number of ketones is 1. The number of rotatable bonds is 5. The number of nitrogens with one attached hydrogen (secondary N) is 1. The molecule has 0 radical (unpaired) electrons. The summed E-state index contributed by atoms with van der Waals surface area (Å²) in [5, 5.41) is 10.7. The number of benzene rings is 1. The Morgan fingerprint density at radius 2 is 2.04 bits per heavy atom. The molecule has 0 aliphatic rings. The predicted octanol–water partition coefficient (Wildman–Crippen LogP) is 2.98. The van der Waals surface area contributed by atoms with E-state index in [0.717, 1.165) is 22.1 Å². The van der Waals surface area contributed by atoms with Gasteiger partial charge in [-0.25, -0.2) is 4.98 Å². The maximum atomic E-state index is 11.9. The fourth-order valence-electron chi connectivity index (χ4n) is 2.90. The first kappa shape index (κ1) is 17.6. The van der Waals surface area contributed by atoms with Crippen molar-refractivity contribution >= 4 is 28.8 Å². The summed E-state index contributed by atoms with van der Waals surface area (Å²) >= 11 is 0. The summed E-state index contributed by atoms with van der Waals surface area (Å²) in [4.78, 5) is 30.3. The molecule has 0 bridgehead atoms. The monoisotopic (exact) mass is 349 g/mol. The van der Waals surface area contributed by atoms with Crippen LogP contribution in [0.1, 0.15) is 41.4 Å². The zero-order valence-electron chi connectivity index (χ0n) is 14.5. The Bertz CT molecular complexity index is 1030. The van der Waals surface area contributed by atoms with Crippen molar-refractivity contribution in [2.75, 3.05) is 0 Å². The third-order valence-electron chi connectivity index (χ3n) is 4.21. The summed E-state index contributed by atoms with van der Waals surface area (Å²) in [7, 11) is 0. The van der Waals surface area contributed by atoms with Crippen molar-refractivity contribution in [3.05, 3.63) is 59.4 Å². The fourth-order valence-corrected chi connectivity index (χ4v) is 2.90. The highest BCUT2D eigenvalue weighted by atomic mass is 16.3. The molecule has 0 unspecified atom stereocenters. The molecule has 6 nitrogen and oxygen atoms in total. The van der Waals surface area contributed by atoms with Gasteiger partial charge in [-0.05, 0) is 43.2 Å². The van der Waals surface area contributed by atoms with Gasteiger partial charge in [0, 0.05) is 40.5 Å². The minimum Gasteiger partial charge on any atom is -0.389 e. The van der Waals surface area contributed by atoms with Crippen molar-refractivity contribution in [2.24, 2.45) is 5.73 Å². The molecule has 4 N–H and O–H groups in total. The molecular weight excluding hydrogens is 330 g/mol. The molecule has 2 aromatic heterocycles. The lowest BCUT2D eigenvalue weighted by molar-refractivity contribution is -0.113. The number of H-pyrrole nitrogens is 1. The van der Waals surface area contributed by atoms with Crippen molar-refractivity contribution in [3.8, 4) is 11.1 Å². The predicted molar refractivity (Wildman–Crippen MR) is 100 cm³/mol. The number of aliphatic hydroxyl groups is 1.